The first kappa shape index (κ1) is 10.1. The van der Waals surface area contributed by atoms with E-state index in [0.717, 1.165) is 17.0 Å². The van der Waals surface area contributed by atoms with Crippen LogP contribution in [0, 0.1) is 20.8 Å². The van der Waals surface area contributed by atoms with E-state index in [-0.39, 0.29) is 5.15 Å². The molecule has 0 fully saturated rings. The highest BCUT2D eigenvalue weighted by molar-refractivity contribution is 6.31. The monoisotopic (exact) mass is 223 g/mol. The van der Waals surface area contributed by atoms with Crippen LogP contribution in [0.2, 0.25) is 5.15 Å². The molecule has 0 bridgehead atoms. The number of aromatic nitrogens is 3. The number of halogens is 1. The zero-order valence-corrected chi connectivity index (χ0v) is 9.46. The molecule has 0 spiro atoms. The summed E-state index contributed by atoms with van der Waals surface area (Å²) in [7, 11) is 0. The minimum Gasteiger partial charge on any atom is -0.296 e. The Morgan fingerprint density at radius 3 is 2.53 bits per heavy atom. The van der Waals surface area contributed by atoms with E-state index in [1.807, 2.05) is 20.8 Å². The quantitative estimate of drug-likeness (QED) is 0.696. The Morgan fingerprint density at radius 2 is 1.93 bits per heavy atom. The summed E-state index contributed by atoms with van der Waals surface area (Å²) in [6, 6.07) is 0. The van der Waals surface area contributed by atoms with Crippen LogP contribution in [0.3, 0.4) is 0 Å². The first-order valence-electron chi connectivity index (χ1n) is 4.53. The molecular formula is C10H10ClN3O. The number of aldehydes is 1. The van der Waals surface area contributed by atoms with Gasteiger partial charge >= 0.3 is 0 Å². The number of nitrogens with zero attached hydrogens (tertiary/aromatic N) is 3. The minimum absolute atomic E-state index is 0.200. The Kier molecular flexibility index (Phi) is 2.23. The van der Waals surface area contributed by atoms with Gasteiger partial charge in [0.05, 0.1) is 0 Å². The van der Waals surface area contributed by atoms with Crippen molar-refractivity contribution in [2.24, 2.45) is 0 Å². The minimum atomic E-state index is 0.200. The van der Waals surface area contributed by atoms with E-state index in [9.17, 15) is 4.79 Å². The number of carbonyl (C=O) groups is 1. The zero-order chi connectivity index (χ0) is 11.2. The van der Waals surface area contributed by atoms with E-state index < -0.39 is 0 Å². The van der Waals surface area contributed by atoms with E-state index in [1.54, 1.807) is 4.40 Å². The summed E-state index contributed by atoms with van der Waals surface area (Å²) in [4.78, 5) is 19.2. The maximum absolute atomic E-state index is 10.9. The lowest BCUT2D eigenvalue weighted by Crippen LogP contribution is -2.03. The summed E-state index contributed by atoms with van der Waals surface area (Å²) in [5.41, 5.74) is 3.25. The highest BCUT2D eigenvalue weighted by Crippen LogP contribution is 2.19. The van der Waals surface area contributed by atoms with Crippen LogP contribution in [-0.4, -0.2) is 20.7 Å². The van der Waals surface area contributed by atoms with Crippen molar-refractivity contribution in [3.8, 4) is 0 Å². The van der Waals surface area contributed by atoms with Crippen LogP contribution in [0.1, 0.15) is 27.4 Å². The number of hydrogen-bond donors (Lipinski definition) is 0. The van der Waals surface area contributed by atoms with Gasteiger partial charge in [-0.1, -0.05) is 11.6 Å². The second-order valence-corrected chi connectivity index (χ2v) is 3.81. The van der Waals surface area contributed by atoms with Gasteiger partial charge in [0.25, 0.3) is 0 Å². The Hall–Kier alpha value is -1.42. The van der Waals surface area contributed by atoms with Crippen molar-refractivity contribution in [3.05, 3.63) is 27.8 Å². The van der Waals surface area contributed by atoms with Gasteiger partial charge in [-0.05, 0) is 26.3 Å². The van der Waals surface area contributed by atoms with Crippen molar-refractivity contribution < 1.29 is 4.79 Å². The zero-order valence-electron chi connectivity index (χ0n) is 8.71. The molecule has 2 aromatic rings. The third-order valence-electron chi connectivity index (χ3n) is 2.65. The Labute approximate surface area is 91.9 Å². The molecule has 2 aromatic heterocycles. The maximum Gasteiger partial charge on any atom is 0.236 e. The highest BCUT2D eigenvalue weighted by atomic mass is 35.5. The molecule has 2 rings (SSSR count). The van der Waals surface area contributed by atoms with E-state index in [0.29, 0.717) is 17.8 Å². The van der Waals surface area contributed by atoms with E-state index >= 15 is 0 Å². The molecule has 78 valence electrons. The van der Waals surface area contributed by atoms with Crippen molar-refractivity contribution in [1.82, 2.24) is 14.4 Å². The maximum atomic E-state index is 10.9. The average Bonchev–Trinajstić information content (AvgIpc) is 2.50. The van der Waals surface area contributed by atoms with Crippen LogP contribution in [0.4, 0.5) is 0 Å². The average molecular weight is 224 g/mol. The second-order valence-electron chi connectivity index (χ2n) is 3.45. The van der Waals surface area contributed by atoms with E-state index in [1.165, 1.54) is 0 Å². The predicted octanol–water partition coefficient (Wildman–Crippen LogP) is 2.12. The van der Waals surface area contributed by atoms with Crippen LogP contribution >= 0.6 is 11.6 Å². The van der Waals surface area contributed by atoms with Gasteiger partial charge in [-0.2, -0.15) is 4.98 Å². The van der Waals surface area contributed by atoms with Gasteiger partial charge in [0.1, 0.15) is 5.69 Å². The Balaban J connectivity index is 3.00. The van der Waals surface area contributed by atoms with Crippen LogP contribution in [0.5, 0.6) is 0 Å². The van der Waals surface area contributed by atoms with Gasteiger partial charge < -0.3 is 0 Å². The molecule has 4 nitrogen and oxygen atoms in total. The lowest BCUT2D eigenvalue weighted by Gasteiger charge is -2.07. The first-order chi connectivity index (χ1) is 7.06. The molecule has 0 aromatic carbocycles. The third-order valence-corrected chi connectivity index (χ3v) is 2.93. The number of carbonyl (C=O) groups excluding carboxylic acids is 1. The molecule has 15 heavy (non-hydrogen) atoms. The Morgan fingerprint density at radius 1 is 1.27 bits per heavy atom. The predicted molar refractivity (Wildman–Crippen MR) is 57.6 cm³/mol. The fourth-order valence-corrected chi connectivity index (χ4v) is 1.77. The van der Waals surface area contributed by atoms with Crippen molar-refractivity contribution in [2.45, 2.75) is 20.8 Å². The van der Waals surface area contributed by atoms with Gasteiger partial charge in [0, 0.05) is 11.4 Å². The lowest BCUT2D eigenvalue weighted by atomic mass is 10.2. The fraction of sp³-hybridized carbons (Fsp3) is 0.300. The van der Waals surface area contributed by atoms with Crippen LogP contribution in [0.25, 0.3) is 5.78 Å². The third kappa shape index (κ3) is 1.33. The molecule has 0 radical (unpaired) electrons. The highest BCUT2D eigenvalue weighted by Gasteiger charge is 2.14. The van der Waals surface area contributed by atoms with Gasteiger partial charge in [0.15, 0.2) is 11.4 Å². The van der Waals surface area contributed by atoms with Gasteiger partial charge in [-0.25, -0.2) is 4.98 Å². The van der Waals surface area contributed by atoms with E-state index in [4.69, 9.17) is 11.6 Å². The van der Waals surface area contributed by atoms with Gasteiger partial charge in [-0.15, -0.1) is 0 Å². The van der Waals surface area contributed by atoms with Crippen molar-refractivity contribution >= 4 is 23.7 Å². The van der Waals surface area contributed by atoms with E-state index in [2.05, 4.69) is 9.97 Å². The number of aryl methyl sites for hydroxylation is 2. The summed E-state index contributed by atoms with van der Waals surface area (Å²) < 4.78 is 1.68. The lowest BCUT2D eigenvalue weighted by molar-refractivity contribution is 0.111. The smallest absolute Gasteiger partial charge is 0.236 e. The summed E-state index contributed by atoms with van der Waals surface area (Å²) in [5.74, 6) is 0.475. The summed E-state index contributed by atoms with van der Waals surface area (Å²) in [6.07, 6.45) is 0.700. The van der Waals surface area contributed by atoms with Crippen molar-refractivity contribution in [1.29, 1.82) is 0 Å². The molecule has 0 atom stereocenters. The molecule has 0 aliphatic carbocycles. The normalized spacial score (nSPS) is 10.9. The molecule has 5 heteroatoms. The van der Waals surface area contributed by atoms with Crippen LogP contribution < -0.4 is 0 Å². The molecule has 0 aliphatic heterocycles. The summed E-state index contributed by atoms with van der Waals surface area (Å²) in [5, 5.41) is 0.200. The Bertz CT molecular complexity index is 560. The molecule has 0 aliphatic rings. The topological polar surface area (TPSA) is 47.3 Å². The number of imidazole rings is 1. The molecule has 2 heterocycles. The van der Waals surface area contributed by atoms with Gasteiger partial charge in [0.2, 0.25) is 5.78 Å². The van der Waals surface area contributed by atoms with Crippen molar-refractivity contribution in [3.63, 3.8) is 0 Å². The van der Waals surface area contributed by atoms with Crippen molar-refractivity contribution in [2.75, 3.05) is 0 Å². The largest absolute Gasteiger partial charge is 0.296 e. The van der Waals surface area contributed by atoms with Crippen LogP contribution in [-0.2, 0) is 0 Å². The summed E-state index contributed by atoms with van der Waals surface area (Å²) >= 11 is 5.84. The van der Waals surface area contributed by atoms with Crippen LogP contribution in [0.15, 0.2) is 0 Å². The molecule has 0 N–H and O–H groups in total. The molecule has 0 saturated heterocycles. The molecule has 0 unspecified atom stereocenters. The first-order valence-corrected chi connectivity index (χ1v) is 4.91. The number of rotatable bonds is 1. The molecule has 0 amide bonds. The number of hydrogen-bond acceptors (Lipinski definition) is 3. The molecule has 0 saturated carbocycles. The number of fused-ring (bicyclic) bond motifs is 1. The van der Waals surface area contributed by atoms with Gasteiger partial charge in [-0.3, -0.25) is 9.20 Å². The standard InChI is InChI=1S/C10H10ClN3O/c1-5-6(2)12-10-13-9(11)8(4-15)14(10)7(5)3/h4H,1-3H3. The summed E-state index contributed by atoms with van der Waals surface area (Å²) in [6.45, 7) is 5.78. The SMILES string of the molecule is Cc1nc2nc(Cl)c(C=O)n2c(C)c1C. The fourth-order valence-electron chi connectivity index (χ4n) is 1.57. The second kappa shape index (κ2) is 3.31. The molecular weight excluding hydrogens is 214 g/mol.